The molecule has 1 aromatic carbocycles. The number of aliphatic hydroxyl groups excluding tert-OH is 1. The quantitative estimate of drug-likeness (QED) is 0.660. The first-order valence-electron chi connectivity index (χ1n) is 7.25. The topological polar surface area (TPSA) is 46.5 Å². The van der Waals surface area contributed by atoms with Gasteiger partial charge in [0.05, 0.1) is 12.2 Å². The van der Waals surface area contributed by atoms with Crippen molar-refractivity contribution in [3.8, 4) is 0 Å². The van der Waals surface area contributed by atoms with E-state index in [0.29, 0.717) is 12.0 Å². The fourth-order valence-electron chi connectivity index (χ4n) is 2.61. The summed E-state index contributed by atoms with van der Waals surface area (Å²) in [6.45, 7) is 2.01. The summed E-state index contributed by atoms with van der Waals surface area (Å²) in [6, 6.07) is 8.91. The number of carbonyl (C=O) groups is 1. The van der Waals surface area contributed by atoms with Crippen molar-refractivity contribution in [3.05, 3.63) is 47.0 Å². The molecule has 1 unspecified atom stereocenters. The number of carbonyl (C=O) groups excluding carboxylic acids is 1. The molecule has 1 aliphatic carbocycles. The number of allylic oxidation sites excluding steroid dienone is 1. The van der Waals surface area contributed by atoms with Crippen LogP contribution in [0.5, 0.6) is 0 Å². The zero-order valence-electron chi connectivity index (χ0n) is 12.0. The molecule has 0 aromatic heterocycles. The van der Waals surface area contributed by atoms with E-state index in [4.69, 9.17) is 4.74 Å². The summed E-state index contributed by atoms with van der Waals surface area (Å²) < 4.78 is 5.41. The van der Waals surface area contributed by atoms with Crippen LogP contribution in [0.2, 0.25) is 0 Å². The molecule has 1 aliphatic rings. The van der Waals surface area contributed by atoms with E-state index < -0.39 is 6.10 Å². The lowest BCUT2D eigenvalue weighted by Crippen LogP contribution is -2.23. The molecule has 3 heteroatoms. The minimum Gasteiger partial charge on any atom is -0.456 e. The summed E-state index contributed by atoms with van der Waals surface area (Å²) in [7, 11) is 0. The van der Waals surface area contributed by atoms with Gasteiger partial charge in [-0.05, 0) is 44.7 Å². The van der Waals surface area contributed by atoms with Crippen LogP contribution < -0.4 is 0 Å². The largest absolute Gasteiger partial charge is 0.456 e. The van der Waals surface area contributed by atoms with Crippen molar-refractivity contribution in [2.24, 2.45) is 0 Å². The van der Waals surface area contributed by atoms with Crippen molar-refractivity contribution >= 4 is 5.97 Å². The van der Waals surface area contributed by atoms with Crippen molar-refractivity contribution < 1.29 is 14.6 Å². The number of aliphatic hydroxyl groups is 1. The van der Waals surface area contributed by atoms with E-state index in [1.54, 1.807) is 24.3 Å². The van der Waals surface area contributed by atoms with Crippen molar-refractivity contribution in [1.29, 1.82) is 0 Å². The predicted octanol–water partition coefficient (Wildman–Crippen LogP) is 3.48. The Labute approximate surface area is 120 Å². The van der Waals surface area contributed by atoms with Gasteiger partial charge in [0.1, 0.15) is 6.10 Å². The number of ether oxygens (including phenoxy) is 1. The highest BCUT2D eigenvalue weighted by Gasteiger charge is 2.19. The lowest BCUT2D eigenvalue weighted by molar-refractivity contribution is 0.0139. The van der Waals surface area contributed by atoms with Gasteiger partial charge in [-0.3, -0.25) is 0 Å². The predicted molar refractivity (Wildman–Crippen MR) is 78.5 cm³/mol. The number of benzene rings is 1. The lowest BCUT2D eigenvalue weighted by atomic mass is 9.89. The van der Waals surface area contributed by atoms with Crippen LogP contribution in [0.4, 0.5) is 0 Å². The van der Waals surface area contributed by atoms with Crippen LogP contribution in [0.15, 0.2) is 41.5 Å². The van der Waals surface area contributed by atoms with Gasteiger partial charge in [0.25, 0.3) is 0 Å². The Morgan fingerprint density at radius 2 is 1.95 bits per heavy atom. The standard InChI is InChI=1S/C17H22O3/c1-13-7-5-6-10-15(13)11-16(12-18)20-17(19)14-8-3-2-4-9-14/h2-4,8-9,16,18H,5-7,10-12H2,1H3. The summed E-state index contributed by atoms with van der Waals surface area (Å²) in [6.07, 6.45) is 4.83. The van der Waals surface area contributed by atoms with E-state index in [1.807, 2.05) is 6.07 Å². The first-order valence-corrected chi connectivity index (χ1v) is 7.25. The summed E-state index contributed by atoms with van der Waals surface area (Å²) in [5, 5.41) is 9.44. The van der Waals surface area contributed by atoms with E-state index in [1.165, 1.54) is 24.0 Å². The molecule has 0 heterocycles. The Kier molecular flexibility index (Phi) is 5.36. The third-order valence-electron chi connectivity index (χ3n) is 3.84. The molecule has 1 N–H and O–H groups in total. The van der Waals surface area contributed by atoms with Gasteiger partial charge >= 0.3 is 5.97 Å². The maximum absolute atomic E-state index is 12.0. The number of rotatable bonds is 5. The molecule has 0 amide bonds. The average molecular weight is 274 g/mol. The van der Waals surface area contributed by atoms with E-state index in [2.05, 4.69) is 6.92 Å². The Hall–Kier alpha value is -1.61. The van der Waals surface area contributed by atoms with Crippen LogP contribution in [0, 0.1) is 0 Å². The highest BCUT2D eigenvalue weighted by atomic mass is 16.6. The van der Waals surface area contributed by atoms with Crippen LogP contribution in [0.3, 0.4) is 0 Å². The summed E-state index contributed by atoms with van der Waals surface area (Å²) in [5.74, 6) is -0.362. The maximum atomic E-state index is 12.0. The minimum atomic E-state index is -0.439. The minimum absolute atomic E-state index is 0.130. The van der Waals surface area contributed by atoms with Crippen LogP contribution in [-0.2, 0) is 4.74 Å². The summed E-state index contributed by atoms with van der Waals surface area (Å²) in [5.41, 5.74) is 3.27. The molecule has 2 rings (SSSR count). The SMILES string of the molecule is CC1=C(CC(CO)OC(=O)c2ccccc2)CCCC1. The lowest BCUT2D eigenvalue weighted by Gasteiger charge is -2.22. The van der Waals surface area contributed by atoms with Gasteiger partial charge in [0, 0.05) is 6.42 Å². The number of hydrogen-bond acceptors (Lipinski definition) is 3. The Bertz CT molecular complexity index is 476. The molecule has 0 bridgehead atoms. The molecule has 20 heavy (non-hydrogen) atoms. The van der Waals surface area contributed by atoms with Gasteiger partial charge in [-0.1, -0.05) is 29.3 Å². The second-order valence-electron chi connectivity index (χ2n) is 5.37. The van der Waals surface area contributed by atoms with E-state index >= 15 is 0 Å². The van der Waals surface area contributed by atoms with E-state index in [9.17, 15) is 9.90 Å². The van der Waals surface area contributed by atoms with Gasteiger partial charge in [-0.2, -0.15) is 0 Å². The van der Waals surface area contributed by atoms with Crippen molar-refractivity contribution in [2.45, 2.75) is 45.1 Å². The van der Waals surface area contributed by atoms with Crippen molar-refractivity contribution in [1.82, 2.24) is 0 Å². The van der Waals surface area contributed by atoms with Crippen LogP contribution in [0.25, 0.3) is 0 Å². The zero-order valence-corrected chi connectivity index (χ0v) is 12.0. The molecule has 0 saturated heterocycles. The second-order valence-corrected chi connectivity index (χ2v) is 5.37. The smallest absolute Gasteiger partial charge is 0.338 e. The molecule has 108 valence electrons. The molecule has 0 spiro atoms. The molecular weight excluding hydrogens is 252 g/mol. The third-order valence-corrected chi connectivity index (χ3v) is 3.84. The van der Waals surface area contributed by atoms with Gasteiger partial charge in [0.2, 0.25) is 0 Å². The summed E-state index contributed by atoms with van der Waals surface area (Å²) in [4.78, 5) is 12.0. The van der Waals surface area contributed by atoms with E-state index in [0.717, 1.165) is 12.8 Å². The molecule has 3 nitrogen and oxygen atoms in total. The molecule has 0 saturated carbocycles. The van der Waals surface area contributed by atoms with Crippen molar-refractivity contribution in [2.75, 3.05) is 6.61 Å². The summed E-state index contributed by atoms with van der Waals surface area (Å²) >= 11 is 0. The Morgan fingerprint density at radius 1 is 1.25 bits per heavy atom. The van der Waals surface area contributed by atoms with Crippen LogP contribution in [-0.4, -0.2) is 23.8 Å². The molecule has 1 atom stereocenters. The zero-order chi connectivity index (χ0) is 14.4. The molecule has 0 fully saturated rings. The first kappa shape index (κ1) is 14.8. The third kappa shape index (κ3) is 3.94. The highest BCUT2D eigenvalue weighted by Crippen LogP contribution is 2.28. The number of hydrogen-bond donors (Lipinski definition) is 1. The fourth-order valence-corrected chi connectivity index (χ4v) is 2.61. The Morgan fingerprint density at radius 3 is 2.60 bits per heavy atom. The fraction of sp³-hybridized carbons (Fsp3) is 0.471. The van der Waals surface area contributed by atoms with Gasteiger partial charge in [-0.25, -0.2) is 4.79 Å². The Balaban J connectivity index is 1.97. The highest BCUT2D eigenvalue weighted by molar-refractivity contribution is 5.89. The maximum Gasteiger partial charge on any atom is 0.338 e. The number of esters is 1. The second kappa shape index (κ2) is 7.25. The van der Waals surface area contributed by atoms with Gasteiger partial charge in [0.15, 0.2) is 0 Å². The molecule has 0 aliphatic heterocycles. The van der Waals surface area contributed by atoms with Crippen molar-refractivity contribution in [3.63, 3.8) is 0 Å². The normalized spacial score (nSPS) is 16.9. The average Bonchev–Trinajstić information content (AvgIpc) is 2.49. The van der Waals surface area contributed by atoms with E-state index in [-0.39, 0.29) is 12.6 Å². The van der Waals surface area contributed by atoms with Crippen LogP contribution in [0.1, 0.15) is 49.4 Å². The molecule has 1 aromatic rings. The van der Waals surface area contributed by atoms with Gasteiger partial charge < -0.3 is 9.84 Å². The van der Waals surface area contributed by atoms with Crippen LogP contribution >= 0.6 is 0 Å². The molecule has 0 radical (unpaired) electrons. The molecular formula is C17H22O3. The van der Waals surface area contributed by atoms with Gasteiger partial charge in [-0.15, -0.1) is 0 Å². The monoisotopic (exact) mass is 274 g/mol. The first-order chi connectivity index (χ1) is 9.70.